The molecule has 6 heteroatoms. The molecule has 0 saturated carbocycles. The fourth-order valence-electron chi connectivity index (χ4n) is 1.56. The minimum atomic E-state index is -0.639. The lowest BCUT2D eigenvalue weighted by molar-refractivity contribution is 0.262. The summed E-state index contributed by atoms with van der Waals surface area (Å²) < 4.78 is 0. The summed E-state index contributed by atoms with van der Waals surface area (Å²) in [6.45, 7) is 4.56. The molecule has 0 rings (SSSR count). The largest absolute Gasteiger partial charge is 0.361 e. The molecule has 21 heavy (non-hydrogen) atoms. The quantitative estimate of drug-likeness (QED) is 0.345. The van der Waals surface area contributed by atoms with E-state index >= 15 is 0 Å². The number of hydrogen-bond acceptors (Lipinski definition) is 2. The van der Waals surface area contributed by atoms with Gasteiger partial charge in [-0.05, 0) is 0 Å². The number of nitrogens with two attached hydrogens (primary N) is 1. The first-order valence-electron chi connectivity index (χ1n) is 7.81. The lowest BCUT2D eigenvalue weighted by Crippen LogP contribution is -2.06. The fraction of sp³-hybridized carbons (Fsp3) is 0.867. The van der Waals surface area contributed by atoms with Crippen molar-refractivity contribution in [2.24, 2.45) is 5.73 Å². The Morgan fingerprint density at radius 2 is 1.00 bits per heavy atom. The highest BCUT2D eigenvalue weighted by atomic mass is 32.1. The van der Waals surface area contributed by atoms with Gasteiger partial charge in [-0.25, -0.2) is 0 Å². The molecule has 3 N–H and O–H groups in total. The number of thiol groups is 2. The smallest absolute Gasteiger partial charge is 0.275 e. The van der Waals surface area contributed by atoms with Crippen LogP contribution in [0.3, 0.4) is 0 Å². The zero-order valence-electron chi connectivity index (χ0n) is 13.9. The molecule has 0 unspecified atom stereocenters. The number of primary amides is 1. The zero-order valence-corrected chi connectivity index (χ0v) is 15.6. The van der Waals surface area contributed by atoms with Gasteiger partial charge in [0.2, 0.25) is 0 Å². The first-order chi connectivity index (χ1) is 9.92. The summed E-state index contributed by atoms with van der Waals surface area (Å²) in [6.07, 6.45) is 14.4. The van der Waals surface area contributed by atoms with Crippen molar-refractivity contribution in [3.63, 3.8) is 0 Å². The van der Waals surface area contributed by atoms with E-state index in [1.165, 1.54) is 71.3 Å². The number of unbranched alkanes of at least 4 members (excludes halogenated alkanes) is 9. The molecule has 0 aromatic carbocycles. The first kappa shape index (κ1) is 25.6. The van der Waals surface area contributed by atoms with E-state index in [4.69, 9.17) is 4.79 Å². The summed E-state index contributed by atoms with van der Waals surface area (Å²) in [5.74, 6) is 0. The van der Waals surface area contributed by atoms with Gasteiger partial charge in [-0.15, -0.1) is 0 Å². The second-order valence-electron chi connectivity index (χ2n) is 4.72. The summed E-state index contributed by atoms with van der Waals surface area (Å²) in [6, 6.07) is 0. The molecule has 0 aromatic rings. The van der Waals surface area contributed by atoms with Crippen LogP contribution < -0.4 is 11.1 Å². The summed E-state index contributed by atoms with van der Waals surface area (Å²) in [7, 11) is 1.52. The number of nitrogens with one attached hydrogen (secondary N) is 1. The van der Waals surface area contributed by atoms with Crippen LogP contribution in [0.5, 0.6) is 0 Å². The van der Waals surface area contributed by atoms with Crippen molar-refractivity contribution in [3.8, 4) is 0 Å². The minimum absolute atomic E-state index is 0.301. The summed E-state index contributed by atoms with van der Waals surface area (Å²) in [5, 5.41) is 1.31. The van der Waals surface area contributed by atoms with Crippen LogP contribution in [0.15, 0.2) is 0 Å². The van der Waals surface area contributed by atoms with Gasteiger partial charge < -0.3 is 11.1 Å². The molecule has 0 fully saturated rings. The molecule has 4 nitrogen and oxygen atoms in total. The predicted octanol–water partition coefficient (Wildman–Crippen LogP) is 5.18. The lowest BCUT2D eigenvalue weighted by atomic mass is 10.1. The minimum Gasteiger partial charge on any atom is -0.361 e. The molecule has 0 radical (unpaired) electrons. The maximum Gasteiger partial charge on any atom is 0.275 e. The second-order valence-corrected chi connectivity index (χ2v) is 5.57. The number of amides is 2. The van der Waals surface area contributed by atoms with Gasteiger partial charge in [0.15, 0.2) is 0 Å². The van der Waals surface area contributed by atoms with E-state index in [2.05, 4.69) is 50.2 Å². The first-order valence-corrected chi connectivity index (χ1v) is 8.70. The van der Waals surface area contributed by atoms with Gasteiger partial charge in [-0.3, -0.25) is 9.59 Å². The van der Waals surface area contributed by atoms with E-state index in [1.54, 1.807) is 0 Å². The van der Waals surface area contributed by atoms with Crippen LogP contribution in [0, 0.1) is 0 Å². The summed E-state index contributed by atoms with van der Waals surface area (Å²) in [4.78, 5) is 18.7. The van der Waals surface area contributed by atoms with Crippen LogP contribution in [0.2, 0.25) is 0 Å². The second kappa shape index (κ2) is 24.6. The van der Waals surface area contributed by atoms with Crippen LogP contribution in [0.4, 0.5) is 9.59 Å². The van der Waals surface area contributed by atoms with E-state index in [0.717, 1.165) is 0 Å². The third-order valence-electron chi connectivity index (χ3n) is 2.67. The average Bonchev–Trinajstić information content (AvgIpc) is 2.42. The molecule has 0 bridgehead atoms. The van der Waals surface area contributed by atoms with Crippen LogP contribution >= 0.6 is 25.3 Å². The Bertz CT molecular complexity index is 214. The van der Waals surface area contributed by atoms with E-state index < -0.39 is 5.24 Å². The molecule has 0 aliphatic carbocycles. The standard InChI is InChI=1S/C12H26.C2H5NOS.CH3NOS/c1-3-5-7-9-11-12-10-8-6-4-2;1-3-2(4)5;2-1(3)4/h3-12H2,1-2H3;1H3,(H2,3,4,5);(H3,2,3,4). The van der Waals surface area contributed by atoms with Gasteiger partial charge in [0, 0.05) is 7.05 Å². The zero-order chi connectivity index (χ0) is 16.9. The molecule has 0 atom stereocenters. The van der Waals surface area contributed by atoms with Crippen molar-refractivity contribution in [2.45, 2.75) is 78.1 Å². The number of hydrogen-bond donors (Lipinski definition) is 4. The Kier molecular flexibility index (Phi) is 30.0. The topological polar surface area (TPSA) is 72.2 Å². The molecule has 0 aromatic heterocycles. The van der Waals surface area contributed by atoms with Crippen molar-refractivity contribution in [3.05, 3.63) is 0 Å². The molecule has 0 spiro atoms. The Balaban J connectivity index is -0.000000297. The Morgan fingerprint density at radius 3 is 1.14 bits per heavy atom. The molecule has 128 valence electrons. The molecular weight excluding hydrogens is 304 g/mol. The van der Waals surface area contributed by atoms with Gasteiger partial charge in [0.05, 0.1) is 0 Å². The lowest BCUT2D eigenvalue weighted by Gasteiger charge is -1.99. The van der Waals surface area contributed by atoms with Crippen LogP contribution in [0.1, 0.15) is 78.1 Å². The van der Waals surface area contributed by atoms with E-state index in [0.29, 0.717) is 0 Å². The Hall–Kier alpha value is -0.360. The van der Waals surface area contributed by atoms with Gasteiger partial charge in [0.1, 0.15) is 0 Å². The normalized spacial score (nSPS) is 8.81. The Labute approximate surface area is 141 Å². The van der Waals surface area contributed by atoms with E-state index in [9.17, 15) is 4.79 Å². The van der Waals surface area contributed by atoms with Gasteiger partial charge in [-0.2, -0.15) is 0 Å². The maximum atomic E-state index is 9.57. The van der Waals surface area contributed by atoms with Crippen molar-refractivity contribution >= 4 is 35.7 Å². The van der Waals surface area contributed by atoms with Crippen molar-refractivity contribution in [2.75, 3.05) is 7.05 Å². The van der Waals surface area contributed by atoms with Crippen molar-refractivity contribution in [1.82, 2.24) is 5.32 Å². The highest BCUT2D eigenvalue weighted by molar-refractivity contribution is 7.96. The van der Waals surface area contributed by atoms with Gasteiger partial charge >= 0.3 is 0 Å². The highest BCUT2D eigenvalue weighted by Crippen LogP contribution is 2.09. The number of carbonyl (C=O) groups is 2. The maximum absolute atomic E-state index is 9.57. The van der Waals surface area contributed by atoms with Crippen molar-refractivity contribution in [1.29, 1.82) is 0 Å². The van der Waals surface area contributed by atoms with Gasteiger partial charge in [0.25, 0.3) is 10.5 Å². The molecule has 0 aliphatic rings. The SMILES string of the molecule is CCCCCCCCCCCC.CNC(=O)S.NC(=O)S. The molecule has 0 aliphatic heterocycles. The summed E-state index contributed by atoms with van der Waals surface area (Å²) >= 11 is 6.45. The van der Waals surface area contributed by atoms with Crippen molar-refractivity contribution < 1.29 is 9.59 Å². The number of carbonyl (C=O) groups excluding carboxylic acids is 2. The molecule has 2 amide bonds. The summed E-state index contributed by atoms with van der Waals surface area (Å²) in [5.41, 5.74) is 4.34. The van der Waals surface area contributed by atoms with Crippen LogP contribution in [-0.2, 0) is 0 Å². The fourth-order valence-corrected chi connectivity index (χ4v) is 1.56. The third kappa shape index (κ3) is 54.0. The molecule has 0 heterocycles. The average molecular weight is 339 g/mol. The molecular formula is C15H34N2O2S2. The van der Waals surface area contributed by atoms with Crippen LogP contribution in [-0.4, -0.2) is 17.5 Å². The molecule has 0 saturated heterocycles. The third-order valence-corrected chi connectivity index (χ3v) is 2.89. The Morgan fingerprint density at radius 1 is 0.810 bits per heavy atom. The van der Waals surface area contributed by atoms with E-state index in [-0.39, 0.29) is 5.24 Å². The van der Waals surface area contributed by atoms with E-state index in [1.807, 2.05) is 0 Å². The number of rotatable bonds is 9. The van der Waals surface area contributed by atoms with Crippen LogP contribution in [0.25, 0.3) is 0 Å². The highest BCUT2D eigenvalue weighted by Gasteiger charge is 1.90. The monoisotopic (exact) mass is 338 g/mol. The predicted molar refractivity (Wildman–Crippen MR) is 99.5 cm³/mol. The van der Waals surface area contributed by atoms with Gasteiger partial charge in [-0.1, -0.05) is 103 Å².